The lowest BCUT2D eigenvalue weighted by Gasteiger charge is -2.28. The van der Waals surface area contributed by atoms with Crippen LogP contribution in [0.15, 0.2) is 35.7 Å². The van der Waals surface area contributed by atoms with Crippen molar-refractivity contribution < 1.29 is 31.1 Å². The molecule has 5 nitrogen and oxygen atoms in total. The molecule has 1 aliphatic rings. The summed E-state index contributed by atoms with van der Waals surface area (Å²) in [5.74, 6) is -2.26. The minimum atomic E-state index is -5.11. The Labute approximate surface area is 131 Å². The molecule has 23 heavy (non-hydrogen) atoms. The minimum Gasteiger partial charge on any atom is -0.494 e. The van der Waals surface area contributed by atoms with Crippen molar-refractivity contribution in [3.05, 3.63) is 35.7 Å². The molecule has 1 amide bonds. The summed E-state index contributed by atoms with van der Waals surface area (Å²) >= 11 is 0. The van der Waals surface area contributed by atoms with Crippen LogP contribution in [0.1, 0.15) is 6.92 Å². The van der Waals surface area contributed by atoms with Gasteiger partial charge in [0.15, 0.2) is 9.84 Å². The third-order valence-corrected chi connectivity index (χ3v) is 4.51. The Bertz CT molecular complexity index is 711. The number of sulfone groups is 1. The standard InChI is InChI=1S/C14H14F3NO4S/c1-2-22-12-5-3-10(4-6-12)18(13(19)14(15,16)17)11-7-8-23(20,21)9-11/h3-8,11H,2,9H2,1H3. The fourth-order valence-corrected chi connectivity index (χ4v) is 3.45. The van der Waals surface area contributed by atoms with E-state index in [4.69, 9.17) is 4.74 Å². The number of amides is 1. The van der Waals surface area contributed by atoms with Crippen molar-refractivity contribution in [2.45, 2.75) is 19.1 Å². The first kappa shape index (κ1) is 17.3. The van der Waals surface area contributed by atoms with E-state index in [1.54, 1.807) is 6.92 Å². The van der Waals surface area contributed by atoms with E-state index in [0.29, 0.717) is 17.3 Å². The number of alkyl halides is 3. The van der Waals surface area contributed by atoms with Gasteiger partial charge in [0.05, 0.1) is 18.4 Å². The zero-order chi connectivity index (χ0) is 17.3. The summed E-state index contributed by atoms with van der Waals surface area (Å²) < 4.78 is 66.6. The van der Waals surface area contributed by atoms with Gasteiger partial charge >= 0.3 is 12.1 Å². The number of ether oxygens (including phenoxy) is 1. The summed E-state index contributed by atoms with van der Waals surface area (Å²) in [6, 6.07) is 4.21. The van der Waals surface area contributed by atoms with Gasteiger partial charge in [-0.3, -0.25) is 9.69 Å². The Hall–Kier alpha value is -2.03. The molecule has 0 saturated carbocycles. The van der Waals surface area contributed by atoms with Gasteiger partial charge in [-0.1, -0.05) is 0 Å². The van der Waals surface area contributed by atoms with Crippen molar-refractivity contribution in [1.29, 1.82) is 0 Å². The molecule has 1 aromatic carbocycles. The lowest BCUT2D eigenvalue weighted by molar-refractivity contribution is -0.170. The van der Waals surface area contributed by atoms with Crippen LogP contribution in [0.25, 0.3) is 0 Å². The van der Waals surface area contributed by atoms with Gasteiger partial charge in [-0.2, -0.15) is 13.2 Å². The molecule has 0 saturated heterocycles. The van der Waals surface area contributed by atoms with Gasteiger partial charge in [-0.05, 0) is 37.3 Å². The second-order valence-corrected chi connectivity index (χ2v) is 6.76. The maximum Gasteiger partial charge on any atom is 0.471 e. The minimum absolute atomic E-state index is 0.0532. The van der Waals surface area contributed by atoms with Crippen LogP contribution in [0.3, 0.4) is 0 Å². The Kier molecular flexibility index (Phi) is 4.69. The van der Waals surface area contributed by atoms with E-state index in [2.05, 4.69) is 0 Å². The summed E-state index contributed by atoms with van der Waals surface area (Å²) in [7, 11) is -3.61. The van der Waals surface area contributed by atoms with Crippen LogP contribution in [0.2, 0.25) is 0 Å². The molecule has 1 aliphatic heterocycles. The number of hydrogen-bond acceptors (Lipinski definition) is 4. The highest BCUT2D eigenvalue weighted by Gasteiger charge is 2.46. The predicted molar refractivity (Wildman–Crippen MR) is 77.9 cm³/mol. The highest BCUT2D eigenvalue weighted by Crippen LogP contribution is 2.29. The summed E-state index contributed by atoms with van der Waals surface area (Å²) in [6.07, 6.45) is -4.03. The summed E-state index contributed by atoms with van der Waals surface area (Å²) in [4.78, 5) is 12.2. The molecular weight excluding hydrogens is 335 g/mol. The quantitative estimate of drug-likeness (QED) is 0.837. The average molecular weight is 349 g/mol. The van der Waals surface area contributed by atoms with Crippen molar-refractivity contribution in [3.8, 4) is 5.75 Å². The fourth-order valence-electron chi connectivity index (χ4n) is 2.19. The fraction of sp³-hybridized carbons (Fsp3) is 0.357. The summed E-state index contributed by atoms with van der Waals surface area (Å²) in [5, 5.41) is 0.822. The van der Waals surface area contributed by atoms with Gasteiger partial charge < -0.3 is 4.74 Å². The van der Waals surface area contributed by atoms with E-state index < -0.39 is 33.7 Å². The predicted octanol–water partition coefficient (Wildman–Crippen LogP) is 2.29. The maximum absolute atomic E-state index is 12.8. The third-order valence-electron chi connectivity index (χ3n) is 3.13. The van der Waals surface area contributed by atoms with Crippen LogP contribution in [0.5, 0.6) is 5.75 Å². The largest absolute Gasteiger partial charge is 0.494 e. The molecule has 126 valence electrons. The molecule has 1 heterocycles. The zero-order valence-electron chi connectivity index (χ0n) is 12.1. The van der Waals surface area contributed by atoms with Crippen molar-refractivity contribution >= 4 is 21.4 Å². The van der Waals surface area contributed by atoms with E-state index in [1.807, 2.05) is 0 Å². The molecule has 0 aromatic heterocycles. The molecule has 1 unspecified atom stereocenters. The molecule has 1 atom stereocenters. The molecule has 9 heteroatoms. The number of carbonyl (C=O) groups is 1. The lowest BCUT2D eigenvalue weighted by atomic mass is 10.2. The van der Waals surface area contributed by atoms with Crippen molar-refractivity contribution in [2.24, 2.45) is 0 Å². The van der Waals surface area contributed by atoms with E-state index in [9.17, 15) is 26.4 Å². The lowest BCUT2D eigenvalue weighted by Crippen LogP contribution is -2.47. The molecule has 0 N–H and O–H groups in total. The first-order chi connectivity index (χ1) is 10.6. The highest BCUT2D eigenvalue weighted by atomic mass is 32.2. The highest BCUT2D eigenvalue weighted by molar-refractivity contribution is 7.94. The monoisotopic (exact) mass is 349 g/mol. The number of benzene rings is 1. The Morgan fingerprint density at radius 3 is 2.35 bits per heavy atom. The number of rotatable bonds is 4. The van der Waals surface area contributed by atoms with Gasteiger partial charge in [-0.25, -0.2) is 8.42 Å². The number of halogens is 3. The molecule has 1 aromatic rings. The van der Waals surface area contributed by atoms with Crippen molar-refractivity contribution in [2.75, 3.05) is 17.3 Å². The second kappa shape index (κ2) is 6.23. The van der Waals surface area contributed by atoms with Gasteiger partial charge in [0.1, 0.15) is 5.75 Å². The van der Waals surface area contributed by atoms with Gasteiger partial charge in [0, 0.05) is 11.1 Å². The first-order valence-corrected chi connectivity index (χ1v) is 8.40. The summed E-state index contributed by atoms with van der Waals surface area (Å²) in [5.41, 5.74) is -0.0532. The number of hydrogen-bond donors (Lipinski definition) is 0. The topological polar surface area (TPSA) is 63.7 Å². The Balaban J connectivity index is 2.38. The van der Waals surface area contributed by atoms with Crippen LogP contribution in [-0.4, -0.2) is 38.9 Å². The van der Waals surface area contributed by atoms with E-state index in [1.165, 1.54) is 24.3 Å². The third kappa shape index (κ3) is 4.04. The smallest absolute Gasteiger partial charge is 0.471 e. The molecular formula is C14H14F3NO4S. The second-order valence-electron chi connectivity index (χ2n) is 4.83. The molecule has 0 spiro atoms. The van der Waals surface area contributed by atoms with Gasteiger partial charge in [-0.15, -0.1) is 0 Å². The van der Waals surface area contributed by atoms with Gasteiger partial charge in [0.2, 0.25) is 0 Å². The van der Waals surface area contributed by atoms with Gasteiger partial charge in [0.25, 0.3) is 0 Å². The average Bonchev–Trinajstić information content (AvgIpc) is 2.80. The maximum atomic E-state index is 12.8. The van der Waals surface area contributed by atoms with E-state index in [-0.39, 0.29) is 5.69 Å². The first-order valence-electron chi connectivity index (χ1n) is 6.68. The molecule has 0 bridgehead atoms. The van der Waals surface area contributed by atoms with E-state index in [0.717, 1.165) is 11.5 Å². The van der Waals surface area contributed by atoms with Crippen LogP contribution in [0, 0.1) is 0 Å². The van der Waals surface area contributed by atoms with Crippen LogP contribution < -0.4 is 9.64 Å². The van der Waals surface area contributed by atoms with E-state index >= 15 is 0 Å². The molecule has 0 fully saturated rings. The molecule has 2 rings (SSSR count). The zero-order valence-corrected chi connectivity index (χ0v) is 12.9. The normalized spacial score (nSPS) is 19.6. The van der Waals surface area contributed by atoms with Crippen molar-refractivity contribution in [1.82, 2.24) is 0 Å². The number of nitrogens with zero attached hydrogens (tertiary/aromatic N) is 1. The van der Waals surface area contributed by atoms with Crippen LogP contribution >= 0.6 is 0 Å². The summed E-state index contributed by atoms with van der Waals surface area (Å²) in [6.45, 7) is 2.13. The number of anilines is 1. The van der Waals surface area contributed by atoms with Crippen molar-refractivity contribution in [3.63, 3.8) is 0 Å². The molecule has 0 radical (unpaired) electrons. The Morgan fingerprint density at radius 2 is 1.91 bits per heavy atom. The Morgan fingerprint density at radius 1 is 1.30 bits per heavy atom. The SMILES string of the molecule is CCOc1ccc(N(C(=O)C(F)(F)F)C2C=CS(=O)(=O)C2)cc1. The van der Waals surface area contributed by atoms with Crippen LogP contribution in [-0.2, 0) is 14.6 Å². The number of carbonyl (C=O) groups excluding carboxylic acids is 1. The van der Waals surface area contributed by atoms with Crippen LogP contribution in [0.4, 0.5) is 18.9 Å². The molecule has 0 aliphatic carbocycles.